The van der Waals surface area contributed by atoms with Crippen LogP contribution in [0.5, 0.6) is 0 Å². The van der Waals surface area contributed by atoms with Crippen molar-refractivity contribution in [3.8, 4) is 0 Å². The predicted octanol–water partition coefficient (Wildman–Crippen LogP) is -0.638. The van der Waals surface area contributed by atoms with Gasteiger partial charge in [0.05, 0.1) is 20.8 Å². The summed E-state index contributed by atoms with van der Waals surface area (Å²) in [6, 6.07) is 8.71. The van der Waals surface area contributed by atoms with Gasteiger partial charge in [0.1, 0.15) is 0 Å². The molecule has 0 amide bonds. The van der Waals surface area contributed by atoms with Gasteiger partial charge in [-0.3, -0.25) is 0 Å². The lowest BCUT2D eigenvalue weighted by atomic mass is 10.2. The van der Waals surface area contributed by atoms with Crippen LogP contribution >= 0.6 is 0 Å². The van der Waals surface area contributed by atoms with Crippen molar-refractivity contribution in [3.63, 3.8) is 0 Å². The van der Waals surface area contributed by atoms with Crippen molar-refractivity contribution in [2.45, 2.75) is 6.92 Å². The minimum Gasteiger partial charge on any atom is -0.439 e. The standard InChI is InChI=1S/C7H13NSi2/c1-6-2-4-7(5-3-6)8(9)10/h2-5H,1,9-10H3. The lowest BCUT2D eigenvalue weighted by molar-refractivity contribution is 1.45. The molecule has 0 saturated carbocycles. The fraction of sp³-hybridized carbons (Fsp3) is 0.143. The zero-order chi connectivity index (χ0) is 7.56. The van der Waals surface area contributed by atoms with Gasteiger partial charge in [-0.15, -0.1) is 0 Å². The van der Waals surface area contributed by atoms with Crippen LogP contribution in [0.2, 0.25) is 0 Å². The summed E-state index contributed by atoms with van der Waals surface area (Å²) in [7, 11) is 2.30. The first-order chi connectivity index (χ1) is 4.70. The van der Waals surface area contributed by atoms with Gasteiger partial charge in [-0.1, -0.05) is 17.7 Å². The molecular weight excluding hydrogens is 154 g/mol. The average molecular weight is 167 g/mol. The quantitative estimate of drug-likeness (QED) is 0.503. The lowest BCUT2D eigenvalue weighted by Gasteiger charge is -2.12. The second-order valence-corrected chi connectivity index (χ2v) is 7.20. The Kier molecular flexibility index (Phi) is 2.29. The molecule has 0 saturated heterocycles. The SMILES string of the molecule is Cc1ccc(N([SiH3])[SiH3])cc1. The molecule has 0 heterocycles. The Balaban J connectivity index is 2.89. The molecule has 0 fully saturated rings. The van der Waals surface area contributed by atoms with Crippen molar-refractivity contribution in [3.05, 3.63) is 29.8 Å². The van der Waals surface area contributed by atoms with Gasteiger partial charge in [0.15, 0.2) is 0 Å². The van der Waals surface area contributed by atoms with E-state index in [1.54, 1.807) is 0 Å². The smallest absolute Gasteiger partial charge is 0.0965 e. The van der Waals surface area contributed by atoms with Gasteiger partial charge in [0, 0.05) is 5.69 Å². The molecule has 1 aromatic rings. The Morgan fingerprint density at radius 2 is 1.60 bits per heavy atom. The summed E-state index contributed by atoms with van der Waals surface area (Å²) in [5.41, 5.74) is 2.72. The molecule has 0 N–H and O–H groups in total. The minimum atomic E-state index is 1.15. The number of hydrogen-bond acceptors (Lipinski definition) is 1. The predicted molar refractivity (Wildman–Crippen MR) is 53.5 cm³/mol. The fourth-order valence-corrected chi connectivity index (χ4v) is 1.44. The van der Waals surface area contributed by atoms with Gasteiger partial charge in [-0.05, 0) is 19.1 Å². The van der Waals surface area contributed by atoms with Crippen molar-refractivity contribution >= 4 is 26.5 Å². The molecule has 0 spiro atoms. The number of rotatable bonds is 1. The third-order valence-electron chi connectivity index (χ3n) is 1.55. The van der Waals surface area contributed by atoms with E-state index in [2.05, 4.69) is 35.4 Å². The number of hydrogen-bond donors (Lipinski definition) is 0. The number of nitrogens with zero attached hydrogens (tertiary/aromatic N) is 1. The monoisotopic (exact) mass is 167 g/mol. The average Bonchev–Trinajstić information content (AvgIpc) is 1.88. The highest BCUT2D eigenvalue weighted by atomic mass is 28.2. The number of aryl methyl sites for hydroxylation is 1. The van der Waals surface area contributed by atoms with E-state index in [1.807, 2.05) is 0 Å². The van der Waals surface area contributed by atoms with Gasteiger partial charge in [0.2, 0.25) is 0 Å². The van der Waals surface area contributed by atoms with Crippen LogP contribution in [-0.4, -0.2) is 20.8 Å². The normalized spacial score (nSPS) is 10.1. The molecule has 0 radical (unpaired) electrons. The molecule has 0 unspecified atom stereocenters. The van der Waals surface area contributed by atoms with Gasteiger partial charge < -0.3 is 4.23 Å². The molecule has 0 aromatic heterocycles. The maximum atomic E-state index is 2.37. The minimum absolute atomic E-state index is 1.15. The molecular formula is C7H13NSi2. The highest BCUT2D eigenvalue weighted by Gasteiger charge is 1.90. The van der Waals surface area contributed by atoms with Crippen LogP contribution in [0.1, 0.15) is 5.56 Å². The van der Waals surface area contributed by atoms with E-state index in [0.717, 1.165) is 20.8 Å². The van der Waals surface area contributed by atoms with Crippen LogP contribution in [0, 0.1) is 6.92 Å². The van der Waals surface area contributed by atoms with Crippen molar-refractivity contribution in [1.29, 1.82) is 0 Å². The largest absolute Gasteiger partial charge is 0.439 e. The molecule has 0 bridgehead atoms. The van der Waals surface area contributed by atoms with Gasteiger partial charge in [-0.25, -0.2) is 0 Å². The van der Waals surface area contributed by atoms with Gasteiger partial charge >= 0.3 is 0 Å². The number of anilines is 1. The zero-order valence-electron chi connectivity index (χ0n) is 6.76. The maximum Gasteiger partial charge on any atom is 0.0965 e. The highest BCUT2D eigenvalue weighted by Crippen LogP contribution is 2.09. The molecule has 1 rings (SSSR count). The van der Waals surface area contributed by atoms with E-state index in [4.69, 9.17) is 0 Å². The first kappa shape index (κ1) is 7.56. The molecule has 0 atom stereocenters. The Morgan fingerprint density at radius 3 is 2.00 bits per heavy atom. The second kappa shape index (κ2) is 3.03. The Morgan fingerprint density at radius 1 is 1.10 bits per heavy atom. The molecule has 0 aliphatic rings. The first-order valence-corrected chi connectivity index (χ1v) is 5.23. The molecule has 54 valence electrons. The molecule has 10 heavy (non-hydrogen) atoms. The van der Waals surface area contributed by atoms with Crippen molar-refractivity contribution in [1.82, 2.24) is 0 Å². The molecule has 1 nitrogen and oxygen atoms in total. The topological polar surface area (TPSA) is 3.24 Å². The third-order valence-corrected chi connectivity index (χ3v) is 2.58. The molecule has 0 aliphatic heterocycles. The van der Waals surface area contributed by atoms with Gasteiger partial charge in [0.25, 0.3) is 0 Å². The summed E-state index contributed by atoms with van der Waals surface area (Å²) in [6.45, 7) is 2.12. The van der Waals surface area contributed by atoms with E-state index in [-0.39, 0.29) is 0 Å². The van der Waals surface area contributed by atoms with Crippen molar-refractivity contribution in [2.75, 3.05) is 4.23 Å². The Bertz CT molecular complexity index is 205. The number of benzene rings is 1. The molecule has 3 heteroatoms. The van der Waals surface area contributed by atoms with E-state index < -0.39 is 0 Å². The summed E-state index contributed by atoms with van der Waals surface area (Å²) in [4.78, 5) is 0. The van der Waals surface area contributed by atoms with E-state index in [9.17, 15) is 0 Å². The van der Waals surface area contributed by atoms with Crippen molar-refractivity contribution < 1.29 is 0 Å². The Labute approximate surface area is 68.1 Å². The van der Waals surface area contributed by atoms with Crippen LogP contribution in [0.25, 0.3) is 0 Å². The molecule has 1 aromatic carbocycles. The van der Waals surface area contributed by atoms with Gasteiger partial charge in [-0.2, -0.15) is 0 Å². The maximum absolute atomic E-state index is 2.37. The van der Waals surface area contributed by atoms with E-state index in [1.165, 1.54) is 11.3 Å². The highest BCUT2D eigenvalue weighted by molar-refractivity contribution is 6.41. The van der Waals surface area contributed by atoms with Crippen LogP contribution in [-0.2, 0) is 0 Å². The second-order valence-electron chi connectivity index (χ2n) is 2.73. The molecule has 0 aliphatic carbocycles. The first-order valence-electron chi connectivity index (χ1n) is 3.44. The third kappa shape index (κ3) is 1.72. The van der Waals surface area contributed by atoms with Crippen LogP contribution in [0.15, 0.2) is 24.3 Å². The van der Waals surface area contributed by atoms with Crippen molar-refractivity contribution in [2.24, 2.45) is 0 Å². The van der Waals surface area contributed by atoms with Crippen LogP contribution in [0.4, 0.5) is 5.69 Å². The van der Waals surface area contributed by atoms with E-state index >= 15 is 0 Å². The lowest BCUT2D eigenvalue weighted by Crippen LogP contribution is -2.13. The summed E-state index contributed by atoms with van der Waals surface area (Å²) in [5.74, 6) is 0. The fourth-order valence-electron chi connectivity index (χ4n) is 0.843. The summed E-state index contributed by atoms with van der Waals surface area (Å²) >= 11 is 0. The summed E-state index contributed by atoms with van der Waals surface area (Å²) in [5, 5.41) is 0. The van der Waals surface area contributed by atoms with Crippen LogP contribution in [0.3, 0.4) is 0 Å². The van der Waals surface area contributed by atoms with E-state index in [0.29, 0.717) is 0 Å². The Hall–Kier alpha value is -0.546. The zero-order valence-corrected chi connectivity index (χ0v) is 10.8. The summed E-state index contributed by atoms with van der Waals surface area (Å²) < 4.78 is 2.37. The van der Waals surface area contributed by atoms with Crippen LogP contribution < -0.4 is 4.23 Å². The summed E-state index contributed by atoms with van der Waals surface area (Å²) in [6.07, 6.45) is 0.